The third-order valence-corrected chi connectivity index (χ3v) is 7.48. The first-order valence-corrected chi connectivity index (χ1v) is 13.2. The topological polar surface area (TPSA) is 55.8 Å². The molecule has 3 rings (SSSR count). The number of carbonyl (C=O) groups excluding carboxylic acids is 2. The van der Waals surface area contributed by atoms with E-state index in [0.29, 0.717) is 44.4 Å². The zero-order chi connectivity index (χ0) is 24.7. The molecule has 1 aliphatic heterocycles. The van der Waals surface area contributed by atoms with E-state index in [9.17, 15) is 9.59 Å². The Bertz CT molecular complexity index is 1130. The third-order valence-electron chi connectivity index (χ3n) is 5.02. The molecule has 34 heavy (non-hydrogen) atoms. The number of halogens is 3. The predicted octanol–water partition coefficient (Wildman–Crippen LogP) is 7.27. The van der Waals surface area contributed by atoms with Crippen LogP contribution in [0.25, 0.3) is 6.08 Å². The number of unbranched alkanes of at least 4 members (excludes halogenated alkanes) is 2. The van der Waals surface area contributed by atoms with E-state index in [4.69, 9.17) is 40.2 Å². The summed E-state index contributed by atoms with van der Waals surface area (Å²) in [6.07, 6.45) is 4.45. The lowest BCUT2D eigenvalue weighted by molar-refractivity contribution is -0.140. The van der Waals surface area contributed by atoms with Crippen LogP contribution in [0.4, 0.5) is 0 Å². The van der Waals surface area contributed by atoms with Gasteiger partial charge in [-0.3, -0.25) is 14.5 Å². The van der Waals surface area contributed by atoms with Crippen LogP contribution in [-0.2, 0) is 20.9 Å². The number of carbonyl (C=O) groups is 2. The second-order valence-electron chi connectivity index (χ2n) is 7.43. The Morgan fingerprint density at radius 3 is 2.71 bits per heavy atom. The number of ether oxygens (including phenoxy) is 2. The maximum atomic E-state index is 13.0. The molecule has 5 nitrogen and oxygen atoms in total. The number of thioether (sulfide) groups is 1. The normalized spacial score (nSPS) is 14.7. The van der Waals surface area contributed by atoms with Crippen LogP contribution in [0.2, 0.25) is 10.0 Å². The van der Waals surface area contributed by atoms with E-state index < -0.39 is 0 Å². The van der Waals surface area contributed by atoms with Gasteiger partial charge in [0, 0.05) is 38.6 Å². The summed E-state index contributed by atoms with van der Waals surface area (Å²) in [5.74, 6) is 0.260. The van der Waals surface area contributed by atoms with Crippen LogP contribution in [0.15, 0.2) is 45.8 Å². The first-order valence-electron chi connectivity index (χ1n) is 10.5. The number of hydrogen-bond donors (Lipinski definition) is 0. The molecule has 1 saturated heterocycles. The molecule has 0 saturated carbocycles. The van der Waals surface area contributed by atoms with Crippen molar-refractivity contribution in [1.29, 1.82) is 0 Å². The summed E-state index contributed by atoms with van der Waals surface area (Å²) in [6.45, 7) is 0.769. The van der Waals surface area contributed by atoms with Crippen LogP contribution in [0.3, 0.4) is 0 Å². The highest BCUT2D eigenvalue weighted by Gasteiger charge is 2.31. The molecule has 0 radical (unpaired) electrons. The predicted molar refractivity (Wildman–Crippen MR) is 145 cm³/mol. The van der Waals surface area contributed by atoms with Crippen LogP contribution < -0.4 is 4.74 Å². The number of esters is 1. The fourth-order valence-electron chi connectivity index (χ4n) is 3.21. The Kier molecular flexibility index (Phi) is 10.3. The van der Waals surface area contributed by atoms with E-state index >= 15 is 0 Å². The molecule has 180 valence electrons. The molecular weight excluding hydrogens is 581 g/mol. The van der Waals surface area contributed by atoms with Crippen molar-refractivity contribution < 1.29 is 19.1 Å². The number of thiocarbonyl (C=S) groups is 1. The van der Waals surface area contributed by atoms with Gasteiger partial charge in [0.25, 0.3) is 5.91 Å². The quantitative estimate of drug-likeness (QED) is 0.123. The zero-order valence-corrected chi connectivity index (χ0v) is 23.0. The second kappa shape index (κ2) is 12.9. The molecule has 2 aromatic rings. The average Bonchev–Trinajstić information content (AvgIpc) is 3.06. The highest BCUT2D eigenvalue weighted by Crippen LogP contribution is 2.35. The number of amides is 1. The lowest BCUT2D eigenvalue weighted by atomic mass is 10.1. The summed E-state index contributed by atoms with van der Waals surface area (Å²) in [5, 5.41) is 1.09. The van der Waals surface area contributed by atoms with Crippen molar-refractivity contribution >= 4 is 85.4 Å². The lowest BCUT2D eigenvalue weighted by Gasteiger charge is -2.14. The van der Waals surface area contributed by atoms with Gasteiger partial charge < -0.3 is 9.47 Å². The highest BCUT2D eigenvalue weighted by molar-refractivity contribution is 9.10. The summed E-state index contributed by atoms with van der Waals surface area (Å²) in [5.41, 5.74) is 1.55. The molecule has 10 heteroatoms. The van der Waals surface area contributed by atoms with Crippen molar-refractivity contribution in [2.45, 2.75) is 32.3 Å². The van der Waals surface area contributed by atoms with Gasteiger partial charge in [-0.25, -0.2) is 0 Å². The number of hydrogen-bond acceptors (Lipinski definition) is 6. The summed E-state index contributed by atoms with van der Waals surface area (Å²) in [7, 11) is 1.38. The van der Waals surface area contributed by atoms with Gasteiger partial charge in [0.15, 0.2) is 0 Å². The molecular formula is C24H22BrCl2NO4S2. The maximum absolute atomic E-state index is 13.0. The van der Waals surface area contributed by atoms with Crippen molar-refractivity contribution in [2.75, 3.05) is 13.7 Å². The maximum Gasteiger partial charge on any atom is 0.305 e. The number of rotatable bonds is 10. The van der Waals surface area contributed by atoms with E-state index in [-0.39, 0.29) is 18.5 Å². The molecule has 0 aromatic heterocycles. The van der Waals surface area contributed by atoms with Gasteiger partial charge in [-0.15, -0.1) is 0 Å². The summed E-state index contributed by atoms with van der Waals surface area (Å²) in [4.78, 5) is 26.3. The van der Waals surface area contributed by atoms with E-state index in [1.54, 1.807) is 23.1 Å². The molecule has 1 heterocycles. The van der Waals surface area contributed by atoms with Crippen LogP contribution in [0.5, 0.6) is 5.75 Å². The summed E-state index contributed by atoms with van der Waals surface area (Å²) >= 11 is 22.4. The Morgan fingerprint density at radius 2 is 1.97 bits per heavy atom. The van der Waals surface area contributed by atoms with Crippen molar-refractivity contribution in [1.82, 2.24) is 4.90 Å². The largest absolute Gasteiger partial charge is 0.488 e. The average molecular weight is 603 g/mol. The first-order chi connectivity index (χ1) is 16.3. The van der Waals surface area contributed by atoms with Crippen LogP contribution in [-0.4, -0.2) is 34.8 Å². The second-order valence-corrected chi connectivity index (χ2v) is 10.9. The van der Waals surface area contributed by atoms with E-state index in [1.165, 1.54) is 18.9 Å². The van der Waals surface area contributed by atoms with Gasteiger partial charge in [0.2, 0.25) is 0 Å². The highest BCUT2D eigenvalue weighted by atomic mass is 79.9. The fraction of sp³-hybridized carbons (Fsp3) is 0.292. The number of nitrogens with zero attached hydrogens (tertiary/aromatic N) is 1. The molecule has 0 bridgehead atoms. The van der Waals surface area contributed by atoms with E-state index in [2.05, 4.69) is 20.7 Å². The fourth-order valence-corrected chi connectivity index (χ4v) is 5.35. The summed E-state index contributed by atoms with van der Waals surface area (Å²) in [6, 6.07) is 10.8. The molecule has 1 amide bonds. The lowest BCUT2D eigenvalue weighted by Crippen LogP contribution is -2.29. The van der Waals surface area contributed by atoms with E-state index in [0.717, 1.165) is 28.4 Å². The molecule has 0 spiro atoms. The Hall–Kier alpha value is -1.58. The molecule has 1 fully saturated rings. The van der Waals surface area contributed by atoms with Crippen molar-refractivity contribution in [2.24, 2.45) is 0 Å². The summed E-state index contributed by atoms with van der Waals surface area (Å²) < 4.78 is 12.0. The standard InChI is InChI=1S/C24H22BrCl2NO4S2/c1-31-22(29)5-3-2-4-10-28-23(30)21(34-24(28)33)12-16-11-17(25)7-9-20(16)32-14-15-6-8-18(26)13-19(15)27/h6-9,11-13H,2-5,10,14H2,1H3/b21-12+. The van der Waals surface area contributed by atoms with Gasteiger partial charge in [0.1, 0.15) is 16.7 Å². The minimum Gasteiger partial charge on any atom is -0.488 e. The van der Waals surface area contributed by atoms with Crippen LogP contribution in [0, 0.1) is 0 Å². The van der Waals surface area contributed by atoms with Gasteiger partial charge in [-0.05, 0) is 49.2 Å². The van der Waals surface area contributed by atoms with Gasteiger partial charge in [0.05, 0.1) is 12.0 Å². The smallest absolute Gasteiger partial charge is 0.305 e. The monoisotopic (exact) mass is 601 g/mol. The zero-order valence-electron chi connectivity index (χ0n) is 18.3. The number of methoxy groups -OCH3 is 1. The Morgan fingerprint density at radius 1 is 1.18 bits per heavy atom. The first kappa shape index (κ1) is 27.0. The molecule has 0 atom stereocenters. The molecule has 2 aromatic carbocycles. The Balaban J connectivity index is 1.67. The Labute approximate surface area is 226 Å². The van der Waals surface area contributed by atoms with Crippen molar-refractivity contribution in [3.05, 3.63) is 66.9 Å². The third kappa shape index (κ3) is 7.46. The van der Waals surface area contributed by atoms with Gasteiger partial charge >= 0.3 is 5.97 Å². The van der Waals surface area contributed by atoms with Crippen LogP contribution >= 0.6 is 63.1 Å². The minimum absolute atomic E-state index is 0.130. The van der Waals surface area contributed by atoms with Gasteiger partial charge in [-0.1, -0.05) is 75.6 Å². The van der Waals surface area contributed by atoms with Crippen molar-refractivity contribution in [3.63, 3.8) is 0 Å². The van der Waals surface area contributed by atoms with Crippen molar-refractivity contribution in [3.8, 4) is 5.75 Å². The SMILES string of the molecule is COC(=O)CCCCCN1C(=O)/C(=C\c2cc(Br)ccc2OCc2ccc(Cl)cc2Cl)SC1=S. The number of benzene rings is 2. The van der Waals surface area contributed by atoms with Crippen LogP contribution in [0.1, 0.15) is 36.8 Å². The molecule has 1 aliphatic rings. The minimum atomic E-state index is -0.223. The molecule has 0 aliphatic carbocycles. The molecule has 0 N–H and O–H groups in total. The van der Waals surface area contributed by atoms with E-state index in [1.807, 2.05) is 24.3 Å². The molecule has 0 unspecified atom stereocenters. The van der Waals surface area contributed by atoms with Gasteiger partial charge in [-0.2, -0.15) is 0 Å².